The molecule has 0 spiro atoms. The highest BCUT2D eigenvalue weighted by Gasteiger charge is 2.48. The summed E-state index contributed by atoms with van der Waals surface area (Å²) in [5.41, 5.74) is 12.1. The number of anilines is 2. The zero-order valence-corrected chi connectivity index (χ0v) is 22.4. The van der Waals surface area contributed by atoms with Crippen molar-refractivity contribution in [3.05, 3.63) is 94.8 Å². The molecule has 0 fully saturated rings. The number of fused-ring (bicyclic) bond motifs is 3. The first-order chi connectivity index (χ1) is 16.7. The number of para-hydroxylation sites is 1. The Kier molecular flexibility index (Phi) is 5.87. The number of benzene rings is 3. The Morgan fingerprint density at radius 1 is 0.743 bits per heavy atom. The molecule has 1 aliphatic heterocycles. The van der Waals surface area contributed by atoms with Gasteiger partial charge in [-0.3, -0.25) is 4.48 Å². The minimum atomic E-state index is 0.0244. The second-order valence-electron chi connectivity index (χ2n) is 10.8. The van der Waals surface area contributed by atoms with Crippen LogP contribution in [0.5, 0.6) is 0 Å². The largest absolute Gasteiger partial charge is 0.542 e. The third kappa shape index (κ3) is 3.62. The molecule has 3 nitrogen and oxygen atoms in total. The van der Waals surface area contributed by atoms with Crippen molar-refractivity contribution in [3.8, 4) is 11.4 Å². The molecule has 5 rings (SSSR count). The van der Waals surface area contributed by atoms with Crippen LogP contribution in [0.4, 0.5) is 11.4 Å². The molecule has 0 N–H and O–H groups in total. The van der Waals surface area contributed by atoms with E-state index >= 15 is 0 Å². The molecule has 3 aromatic carbocycles. The molecular weight excluding hydrogens is 425 g/mol. The highest BCUT2D eigenvalue weighted by molar-refractivity contribution is 6.78. The third-order valence-electron chi connectivity index (χ3n) is 7.63. The number of hydrogen-bond donors (Lipinski definition) is 0. The second kappa shape index (κ2) is 8.75. The Hall–Kier alpha value is -3.27. The summed E-state index contributed by atoms with van der Waals surface area (Å²) in [5, 5.41) is 0. The summed E-state index contributed by atoms with van der Waals surface area (Å²) < 4.78 is 4.79. The number of imidazole rings is 1. The fourth-order valence-corrected chi connectivity index (χ4v) is 6.00. The molecule has 4 heteroatoms. The molecule has 2 heterocycles. The van der Waals surface area contributed by atoms with Crippen LogP contribution >= 0.6 is 0 Å². The van der Waals surface area contributed by atoms with Crippen molar-refractivity contribution in [3.63, 3.8) is 0 Å². The van der Waals surface area contributed by atoms with E-state index in [9.17, 15) is 0 Å². The zero-order valence-electron chi connectivity index (χ0n) is 22.4. The number of nitrogens with zero attached hydrogens (tertiary/aromatic N) is 3. The Balaban J connectivity index is 1.96. The van der Waals surface area contributed by atoms with Crippen molar-refractivity contribution >= 4 is 23.8 Å². The molecule has 4 aromatic rings. The van der Waals surface area contributed by atoms with E-state index in [2.05, 4.69) is 136 Å². The van der Waals surface area contributed by atoms with E-state index < -0.39 is 0 Å². The minimum Gasteiger partial charge on any atom is -0.338 e. The molecule has 1 aromatic heterocycles. The van der Waals surface area contributed by atoms with Gasteiger partial charge < -0.3 is 4.81 Å². The Morgan fingerprint density at radius 3 is 1.89 bits per heavy atom. The molecule has 0 bridgehead atoms. The monoisotopic (exact) mass is 462 g/mol. The predicted octanol–water partition coefficient (Wildman–Crippen LogP) is 6.55. The van der Waals surface area contributed by atoms with Gasteiger partial charge in [0.15, 0.2) is 0 Å². The lowest BCUT2D eigenvalue weighted by molar-refractivity contribution is -0.659. The van der Waals surface area contributed by atoms with Gasteiger partial charge in [-0.1, -0.05) is 76.2 Å². The van der Waals surface area contributed by atoms with Crippen LogP contribution in [0.1, 0.15) is 67.3 Å². The van der Waals surface area contributed by atoms with Crippen LogP contribution in [0.3, 0.4) is 0 Å². The molecule has 1 aliphatic rings. The SMILES string of the molecule is Cc1cccc2c1-c1n(cc[n+]1C)B(c1c(C(C)C)cccc1C(C)C)N2c1c(C)cccc1C. The summed E-state index contributed by atoms with van der Waals surface area (Å²) in [6, 6.07) is 20.3. The molecule has 178 valence electrons. The molecule has 0 saturated carbocycles. The van der Waals surface area contributed by atoms with Crippen LogP contribution in [-0.2, 0) is 7.05 Å². The topological polar surface area (TPSA) is 12.0 Å². The average Bonchev–Trinajstić information content (AvgIpc) is 3.19. The van der Waals surface area contributed by atoms with E-state index in [1.807, 2.05) is 0 Å². The van der Waals surface area contributed by atoms with Crippen molar-refractivity contribution in [2.75, 3.05) is 4.81 Å². The summed E-state index contributed by atoms with van der Waals surface area (Å²) >= 11 is 0. The van der Waals surface area contributed by atoms with Crippen molar-refractivity contribution < 1.29 is 4.57 Å². The third-order valence-corrected chi connectivity index (χ3v) is 7.63. The van der Waals surface area contributed by atoms with Gasteiger partial charge in [-0.15, -0.1) is 0 Å². The van der Waals surface area contributed by atoms with Gasteiger partial charge in [-0.05, 0) is 66.5 Å². The summed E-state index contributed by atoms with van der Waals surface area (Å²) in [6.07, 6.45) is 4.48. The highest BCUT2D eigenvalue weighted by Crippen LogP contribution is 2.44. The fourth-order valence-electron chi connectivity index (χ4n) is 6.00. The van der Waals surface area contributed by atoms with Gasteiger partial charge in [0.2, 0.25) is 0 Å². The second-order valence-corrected chi connectivity index (χ2v) is 10.8. The molecule has 0 aliphatic carbocycles. The Bertz CT molecular complexity index is 1370. The van der Waals surface area contributed by atoms with Gasteiger partial charge in [0.1, 0.15) is 12.4 Å². The number of aryl methyl sites for hydroxylation is 4. The van der Waals surface area contributed by atoms with E-state index in [0.717, 1.165) is 0 Å². The molecule has 0 amide bonds. The van der Waals surface area contributed by atoms with Crippen molar-refractivity contribution in [2.24, 2.45) is 7.05 Å². The van der Waals surface area contributed by atoms with Gasteiger partial charge in [-0.2, -0.15) is 0 Å². The van der Waals surface area contributed by atoms with Crippen molar-refractivity contribution in [2.45, 2.75) is 60.3 Å². The van der Waals surface area contributed by atoms with Gasteiger partial charge in [-0.25, -0.2) is 4.57 Å². The molecule has 0 atom stereocenters. The van der Waals surface area contributed by atoms with Gasteiger partial charge in [0.05, 0.1) is 12.6 Å². The van der Waals surface area contributed by atoms with Gasteiger partial charge >= 0.3 is 6.98 Å². The average molecular weight is 462 g/mol. The number of hydrogen-bond acceptors (Lipinski definition) is 1. The van der Waals surface area contributed by atoms with Crippen molar-refractivity contribution in [1.29, 1.82) is 0 Å². The standard InChI is InChI=1S/C31H37BN3/c1-20(2)25-15-11-16-26(21(3)4)29(25)32-34-19-18-33(8)31(34)28-22(5)12-10-17-27(28)35(32)30-23(6)13-9-14-24(30)7/h9-21H,1-8H3/q+1. The van der Waals surface area contributed by atoms with Crippen LogP contribution < -0.4 is 14.8 Å². The van der Waals surface area contributed by atoms with E-state index in [1.54, 1.807) is 0 Å². The molecular formula is C31H37BN3+. The van der Waals surface area contributed by atoms with Gasteiger partial charge in [0.25, 0.3) is 5.82 Å². The Morgan fingerprint density at radius 2 is 1.29 bits per heavy atom. The summed E-state index contributed by atoms with van der Waals surface area (Å²) in [7, 11) is 2.17. The van der Waals surface area contributed by atoms with Crippen LogP contribution in [-0.4, -0.2) is 11.5 Å². The summed E-state index contributed by atoms with van der Waals surface area (Å²) in [4.78, 5) is 2.62. The van der Waals surface area contributed by atoms with E-state index in [1.165, 1.54) is 56.0 Å². The smallest absolute Gasteiger partial charge is 0.338 e. The van der Waals surface area contributed by atoms with Gasteiger partial charge in [0, 0.05) is 16.8 Å². The van der Waals surface area contributed by atoms with Crippen LogP contribution in [0, 0.1) is 20.8 Å². The maximum atomic E-state index is 2.62. The molecule has 35 heavy (non-hydrogen) atoms. The highest BCUT2D eigenvalue weighted by atomic mass is 15.2. The zero-order chi connectivity index (χ0) is 25.0. The fraction of sp³-hybridized carbons (Fsp3) is 0.323. The normalized spacial score (nSPS) is 13.0. The van der Waals surface area contributed by atoms with Crippen LogP contribution in [0.2, 0.25) is 0 Å². The first kappa shape index (κ1) is 23.5. The Labute approximate surface area is 211 Å². The maximum absolute atomic E-state index is 2.62. The molecule has 0 unspecified atom stereocenters. The first-order valence-electron chi connectivity index (χ1n) is 12.9. The molecule has 0 saturated heterocycles. The minimum absolute atomic E-state index is 0.0244. The molecule has 0 radical (unpaired) electrons. The van der Waals surface area contributed by atoms with Crippen molar-refractivity contribution in [1.82, 2.24) is 4.48 Å². The van der Waals surface area contributed by atoms with E-state index in [-0.39, 0.29) is 6.98 Å². The van der Waals surface area contributed by atoms with Crippen LogP contribution in [0.25, 0.3) is 11.4 Å². The van der Waals surface area contributed by atoms with E-state index in [4.69, 9.17) is 0 Å². The summed E-state index contributed by atoms with van der Waals surface area (Å²) in [5.74, 6) is 2.12. The lowest BCUT2D eigenvalue weighted by atomic mass is 9.57. The predicted molar refractivity (Wildman–Crippen MR) is 149 cm³/mol. The lowest BCUT2D eigenvalue weighted by Crippen LogP contribution is -2.57. The maximum Gasteiger partial charge on any atom is 0.542 e. The first-order valence-corrected chi connectivity index (χ1v) is 12.9. The number of rotatable bonds is 4. The number of aromatic nitrogens is 2. The summed E-state index contributed by atoms with van der Waals surface area (Å²) in [6.45, 7) is 16.0. The van der Waals surface area contributed by atoms with E-state index in [0.29, 0.717) is 11.8 Å². The quantitative estimate of drug-likeness (QED) is 0.248. The lowest BCUT2D eigenvalue weighted by Gasteiger charge is -2.38. The van der Waals surface area contributed by atoms with Crippen LogP contribution in [0.15, 0.2) is 67.0 Å².